The van der Waals surface area contributed by atoms with Crippen molar-refractivity contribution in [2.45, 2.75) is 19.9 Å². The molecule has 1 aromatic heterocycles. The fourth-order valence-electron chi connectivity index (χ4n) is 2.01. The third kappa shape index (κ3) is 2.59. The van der Waals surface area contributed by atoms with Gasteiger partial charge in [-0.15, -0.1) is 0 Å². The summed E-state index contributed by atoms with van der Waals surface area (Å²) < 4.78 is 2.16. The Hall–Kier alpha value is -2.10. The van der Waals surface area contributed by atoms with Gasteiger partial charge in [-0.05, 0) is 19.1 Å². The Balaban J connectivity index is 2.36. The molecule has 0 fully saturated rings. The number of amides is 1. The molecular weight excluding hydrogens is 226 g/mol. The normalized spacial score (nSPS) is 10.5. The number of fused-ring (bicyclic) bond motifs is 1. The summed E-state index contributed by atoms with van der Waals surface area (Å²) in [5, 5.41) is 2.67. The Labute approximate surface area is 106 Å². The molecule has 94 valence electrons. The van der Waals surface area contributed by atoms with Crippen LogP contribution in [0.3, 0.4) is 0 Å². The van der Waals surface area contributed by atoms with Crippen molar-refractivity contribution in [3.8, 4) is 0 Å². The van der Waals surface area contributed by atoms with Crippen molar-refractivity contribution in [1.82, 2.24) is 14.9 Å². The second kappa shape index (κ2) is 5.49. The molecule has 1 aromatic carbocycles. The third-order valence-corrected chi connectivity index (χ3v) is 2.74. The molecule has 0 aliphatic heterocycles. The van der Waals surface area contributed by atoms with Crippen molar-refractivity contribution in [3.63, 3.8) is 0 Å². The molecule has 4 heteroatoms. The minimum absolute atomic E-state index is 0.600. The molecule has 0 atom stereocenters. The highest BCUT2D eigenvalue weighted by Crippen LogP contribution is 2.17. The van der Waals surface area contributed by atoms with Gasteiger partial charge in [-0.25, -0.2) is 4.98 Å². The highest BCUT2D eigenvalue weighted by molar-refractivity contribution is 5.76. The molecule has 0 unspecified atom stereocenters. The molecule has 0 spiro atoms. The number of imidazole rings is 1. The van der Waals surface area contributed by atoms with Gasteiger partial charge >= 0.3 is 0 Å². The zero-order valence-corrected chi connectivity index (χ0v) is 10.5. The van der Waals surface area contributed by atoms with Crippen LogP contribution in [0.4, 0.5) is 0 Å². The lowest BCUT2D eigenvalue weighted by atomic mass is 10.3. The maximum absolute atomic E-state index is 10.3. The Morgan fingerprint density at radius 2 is 2.28 bits per heavy atom. The van der Waals surface area contributed by atoms with Crippen LogP contribution in [0.25, 0.3) is 11.0 Å². The highest BCUT2D eigenvalue weighted by Gasteiger charge is 2.09. The second-order valence-corrected chi connectivity index (χ2v) is 4.38. The first-order valence-electron chi connectivity index (χ1n) is 5.98. The molecule has 18 heavy (non-hydrogen) atoms. The molecule has 0 bridgehead atoms. The Morgan fingerprint density at radius 3 is 3.00 bits per heavy atom. The molecule has 0 aliphatic carbocycles. The van der Waals surface area contributed by atoms with E-state index in [1.807, 2.05) is 25.1 Å². The van der Waals surface area contributed by atoms with Gasteiger partial charge in [0.05, 0.1) is 11.0 Å². The summed E-state index contributed by atoms with van der Waals surface area (Å²) in [5.41, 5.74) is 3.18. The van der Waals surface area contributed by atoms with Gasteiger partial charge in [-0.2, -0.15) is 0 Å². The average Bonchev–Trinajstić information content (AvgIpc) is 2.68. The molecule has 2 aromatic rings. The second-order valence-electron chi connectivity index (χ2n) is 4.38. The van der Waals surface area contributed by atoms with Gasteiger partial charge in [0.2, 0.25) is 6.41 Å². The molecule has 0 aliphatic rings. The van der Waals surface area contributed by atoms with E-state index in [0.29, 0.717) is 13.0 Å². The summed E-state index contributed by atoms with van der Waals surface area (Å²) in [7, 11) is 0. The number of allylic oxidation sites excluding steroid dienone is 1. The van der Waals surface area contributed by atoms with Crippen LogP contribution in [0, 0.1) is 0 Å². The van der Waals surface area contributed by atoms with Crippen molar-refractivity contribution in [2.24, 2.45) is 0 Å². The Bertz CT molecular complexity index is 571. The molecule has 1 N–H and O–H groups in total. The summed E-state index contributed by atoms with van der Waals surface area (Å²) in [6, 6.07) is 8.04. The van der Waals surface area contributed by atoms with Crippen LogP contribution in [0.5, 0.6) is 0 Å². The monoisotopic (exact) mass is 243 g/mol. The van der Waals surface area contributed by atoms with Gasteiger partial charge in [0.15, 0.2) is 0 Å². The highest BCUT2D eigenvalue weighted by atomic mass is 16.1. The van der Waals surface area contributed by atoms with E-state index in [2.05, 4.69) is 27.5 Å². The standard InChI is InChI=1S/C14H17N3O/c1-11(2)9-17-13-6-4-3-5-12(13)16-14(17)7-8-15-10-18/h3-6,10H,1,7-9H2,2H3,(H,15,18). The van der Waals surface area contributed by atoms with Crippen molar-refractivity contribution in [3.05, 3.63) is 42.2 Å². The van der Waals surface area contributed by atoms with E-state index < -0.39 is 0 Å². The minimum atomic E-state index is 0.600. The molecular formula is C14H17N3O. The molecule has 1 amide bonds. The largest absolute Gasteiger partial charge is 0.358 e. The van der Waals surface area contributed by atoms with Gasteiger partial charge in [-0.1, -0.05) is 24.3 Å². The number of rotatable bonds is 6. The smallest absolute Gasteiger partial charge is 0.207 e. The van der Waals surface area contributed by atoms with Gasteiger partial charge in [0.25, 0.3) is 0 Å². The Kier molecular flexibility index (Phi) is 3.77. The zero-order chi connectivity index (χ0) is 13.0. The summed E-state index contributed by atoms with van der Waals surface area (Å²) in [4.78, 5) is 14.9. The van der Waals surface area contributed by atoms with E-state index in [4.69, 9.17) is 0 Å². The van der Waals surface area contributed by atoms with Crippen molar-refractivity contribution < 1.29 is 4.79 Å². The van der Waals surface area contributed by atoms with Crippen LogP contribution in [0.1, 0.15) is 12.7 Å². The quantitative estimate of drug-likeness (QED) is 0.478. The molecule has 0 saturated carbocycles. The summed E-state index contributed by atoms with van der Waals surface area (Å²) in [5.74, 6) is 0.980. The van der Waals surface area contributed by atoms with Crippen LogP contribution in [0.15, 0.2) is 36.4 Å². The minimum Gasteiger partial charge on any atom is -0.358 e. The van der Waals surface area contributed by atoms with E-state index in [9.17, 15) is 4.79 Å². The fourth-order valence-corrected chi connectivity index (χ4v) is 2.01. The van der Waals surface area contributed by atoms with Crippen molar-refractivity contribution in [2.75, 3.05) is 6.54 Å². The first-order valence-corrected chi connectivity index (χ1v) is 5.98. The third-order valence-electron chi connectivity index (χ3n) is 2.74. The van der Waals surface area contributed by atoms with Crippen molar-refractivity contribution >= 4 is 17.4 Å². The average molecular weight is 243 g/mol. The van der Waals surface area contributed by atoms with Gasteiger partial charge in [-0.3, -0.25) is 4.79 Å². The van der Waals surface area contributed by atoms with E-state index >= 15 is 0 Å². The SMILES string of the molecule is C=C(C)Cn1c(CCNC=O)nc2ccccc21. The topological polar surface area (TPSA) is 46.9 Å². The first-order chi connectivity index (χ1) is 8.72. The molecule has 2 rings (SSSR count). The number of carbonyl (C=O) groups excluding carboxylic acids is 1. The lowest BCUT2D eigenvalue weighted by Gasteiger charge is -2.08. The maximum atomic E-state index is 10.3. The molecule has 0 radical (unpaired) electrons. The van der Waals surface area contributed by atoms with Crippen LogP contribution in [0.2, 0.25) is 0 Å². The van der Waals surface area contributed by atoms with Gasteiger partial charge in [0, 0.05) is 19.5 Å². The summed E-state index contributed by atoms with van der Waals surface area (Å²) in [6.45, 7) is 7.32. The predicted molar refractivity (Wildman–Crippen MR) is 72.3 cm³/mol. The maximum Gasteiger partial charge on any atom is 0.207 e. The number of nitrogens with zero attached hydrogens (tertiary/aromatic N) is 2. The van der Waals surface area contributed by atoms with E-state index in [-0.39, 0.29) is 0 Å². The predicted octanol–water partition coefficient (Wildman–Crippen LogP) is 1.90. The van der Waals surface area contributed by atoms with E-state index in [1.54, 1.807) is 0 Å². The zero-order valence-electron chi connectivity index (χ0n) is 10.5. The number of hydrogen-bond donors (Lipinski definition) is 1. The summed E-state index contributed by atoms with van der Waals surface area (Å²) in [6.07, 6.45) is 1.44. The van der Waals surface area contributed by atoms with E-state index in [1.165, 1.54) is 0 Å². The molecule has 1 heterocycles. The molecule has 4 nitrogen and oxygen atoms in total. The summed E-state index contributed by atoms with van der Waals surface area (Å²) >= 11 is 0. The van der Waals surface area contributed by atoms with Crippen molar-refractivity contribution in [1.29, 1.82) is 0 Å². The van der Waals surface area contributed by atoms with Gasteiger partial charge in [0.1, 0.15) is 5.82 Å². The lowest BCUT2D eigenvalue weighted by Crippen LogP contribution is -2.17. The van der Waals surface area contributed by atoms with E-state index in [0.717, 1.165) is 35.4 Å². The number of carbonyl (C=O) groups is 1. The molecule has 0 saturated heterocycles. The lowest BCUT2D eigenvalue weighted by molar-refractivity contribution is -0.109. The number of benzene rings is 1. The number of nitrogens with one attached hydrogen (secondary N) is 1. The fraction of sp³-hybridized carbons (Fsp3) is 0.286. The van der Waals surface area contributed by atoms with Gasteiger partial charge < -0.3 is 9.88 Å². The first kappa shape index (κ1) is 12.4. The van der Waals surface area contributed by atoms with Crippen LogP contribution < -0.4 is 5.32 Å². The number of para-hydroxylation sites is 2. The van der Waals surface area contributed by atoms with Crippen LogP contribution >= 0.6 is 0 Å². The number of aromatic nitrogens is 2. The Morgan fingerprint density at radius 1 is 1.50 bits per heavy atom. The van der Waals surface area contributed by atoms with Crippen LogP contribution in [-0.2, 0) is 17.8 Å². The number of hydrogen-bond acceptors (Lipinski definition) is 2. The van der Waals surface area contributed by atoms with Crippen LogP contribution in [-0.4, -0.2) is 22.5 Å².